The quantitative estimate of drug-likeness (QED) is 0.770. The second-order valence-electron chi connectivity index (χ2n) is 5.02. The number of carbonyl (C=O) groups excluding carboxylic acids is 1. The summed E-state index contributed by atoms with van der Waals surface area (Å²) in [6.07, 6.45) is 0.854. The second-order valence-corrected chi connectivity index (χ2v) is 5.02. The molecule has 0 aliphatic heterocycles. The fraction of sp³-hybridized carbons (Fsp3) is 0.500. The van der Waals surface area contributed by atoms with E-state index >= 15 is 0 Å². The molecule has 1 rings (SSSR count). The van der Waals surface area contributed by atoms with E-state index in [0.717, 1.165) is 11.3 Å². The molecule has 21 heavy (non-hydrogen) atoms. The molecule has 2 N–H and O–H groups in total. The molecule has 0 fully saturated rings. The molecule has 0 aliphatic rings. The average Bonchev–Trinajstić information content (AvgIpc) is 2.46. The van der Waals surface area contributed by atoms with Gasteiger partial charge in [-0.25, -0.2) is 4.79 Å². The number of carboxylic acid groups (broad SMARTS) is 1. The number of amides is 1. The Balaban J connectivity index is 2.61. The van der Waals surface area contributed by atoms with Crippen LogP contribution in [0, 0.1) is 5.92 Å². The Morgan fingerprint density at radius 2 is 1.86 bits per heavy atom. The molecule has 5 nitrogen and oxygen atoms in total. The summed E-state index contributed by atoms with van der Waals surface area (Å²) < 4.78 is 5.33. The summed E-state index contributed by atoms with van der Waals surface area (Å²) in [4.78, 5) is 23.1. The summed E-state index contributed by atoms with van der Waals surface area (Å²) in [5, 5.41) is 11.7. The number of ether oxygens (including phenoxy) is 1. The number of carbonyl (C=O) groups is 2. The Morgan fingerprint density at radius 1 is 1.24 bits per heavy atom. The standard InChI is InChI=1S/C16H23NO4/c1-4-11(3)15(16(19)20)17-14(18)10-12-6-8-13(9-7-12)21-5-2/h6-9,11,15H,4-5,10H2,1-3H3,(H,17,18)(H,19,20)/t11?,15-/m0/s1. The van der Waals surface area contributed by atoms with E-state index in [-0.39, 0.29) is 18.2 Å². The van der Waals surface area contributed by atoms with Crippen molar-refractivity contribution < 1.29 is 19.4 Å². The molecule has 0 saturated carbocycles. The van der Waals surface area contributed by atoms with Gasteiger partial charge in [0.1, 0.15) is 11.8 Å². The number of rotatable bonds is 8. The molecule has 0 heterocycles. The van der Waals surface area contributed by atoms with Crippen molar-refractivity contribution in [1.82, 2.24) is 5.32 Å². The highest BCUT2D eigenvalue weighted by molar-refractivity contribution is 5.85. The first-order chi connectivity index (χ1) is 9.97. The van der Waals surface area contributed by atoms with Crippen LogP contribution in [-0.2, 0) is 16.0 Å². The highest BCUT2D eigenvalue weighted by Crippen LogP contribution is 2.13. The van der Waals surface area contributed by atoms with Crippen LogP contribution < -0.4 is 10.1 Å². The van der Waals surface area contributed by atoms with Gasteiger partial charge in [-0.3, -0.25) is 4.79 Å². The zero-order valence-corrected chi connectivity index (χ0v) is 12.8. The van der Waals surface area contributed by atoms with Crippen molar-refractivity contribution in [2.45, 2.75) is 39.7 Å². The first kappa shape index (κ1) is 17.0. The predicted octanol–water partition coefficient (Wildman–Crippen LogP) is 2.24. The number of benzene rings is 1. The maximum absolute atomic E-state index is 12.0. The van der Waals surface area contributed by atoms with E-state index in [2.05, 4.69) is 5.32 Å². The Hall–Kier alpha value is -2.04. The molecule has 0 radical (unpaired) electrons. The van der Waals surface area contributed by atoms with Gasteiger partial charge >= 0.3 is 5.97 Å². The fourth-order valence-corrected chi connectivity index (χ4v) is 1.96. The van der Waals surface area contributed by atoms with E-state index in [1.807, 2.05) is 32.9 Å². The monoisotopic (exact) mass is 293 g/mol. The van der Waals surface area contributed by atoms with Crippen LogP contribution in [0.5, 0.6) is 5.75 Å². The van der Waals surface area contributed by atoms with Gasteiger partial charge in [-0.15, -0.1) is 0 Å². The number of aliphatic carboxylic acids is 1. The lowest BCUT2D eigenvalue weighted by Crippen LogP contribution is -2.45. The highest BCUT2D eigenvalue weighted by Gasteiger charge is 2.25. The minimum atomic E-state index is -0.996. The minimum absolute atomic E-state index is 0.105. The lowest BCUT2D eigenvalue weighted by atomic mass is 9.99. The van der Waals surface area contributed by atoms with Crippen molar-refractivity contribution >= 4 is 11.9 Å². The van der Waals surface area contributed by atoms with Crippen molar-refractivity contribution in [1.29, 1.82) is 0 Å². The molecular weight excluding hydrogens is 270 g/mol. The van der Waals surface area contributed by atoms with Crippen LogP contribution in [0.15, 0.2) is 24.3 Å². The van der Waals surface area contributed by atoms with E-state index in [1.54, 1.807) is 12.1 Å². The Morgan fingerprint density at radius 3 is 2.33 bits per heavy atom. The van der Waals surface area contributed by atoms with Gasteiger partial charge in [-0.05, 0) is 30.5 Å². The fourth-order valence-electron chi connectivity index (χ4n) is 1.96. The van der Waals surface area contributed by atoms with Crippen LogP contribution in [0.4, 0.5) is 0 Å². The van der Waals surface area contributed by atoms with E-state index in [0.29, 0.717) is 13.0 Å². The largest absolute Gasteiger partial charge is 0.494 e. The number of nitrogens with one attached hydrogen (secondary N) is 1. The van der Waals surface area contributed by atoms with E-state index < -0.39 is 12.0 Å². The first-order valence-corrected chi connectivity index (χ1v) is 7.21. The van der Waals surface area contributed by atoms with Gasteiger partial charge < -0.3 is 15.2 Å². The van der Waals surface area contributed by atoms with Crippen LogP contribution in [-0.4, -0.2) is 29.6 Å². The van der Waals surface area contributed by atoms with Gasteiger partial charge in [-0.1, -0.05) is 32.4 Å². The van der Waals surface area contributed by atoms with Gasteiger partial charge in [0, 0.05) is 0 Å². The van der Waals surface area contributed by atoms with Gasteiger partial charge in [0.05, 0.1) is 13.0 Å². The van der Waals surface area contributed by atoms with Gasteiger partial charge in [-0.2, -0.15) is 0 Å². The molecule has 0 aliphatic carbocycles. The summed E-state index contributed by atoms with van der Waals surface area (Å²) in [6, 6.07) is 6.38. The summed E-state index contributed by atoms with van der Waals surface area (Å²) in [5.41, 5.74) is 0.823. The maximum atomic E-state index is 12.0. The van der Waals surface area contributed by atoms with E-state index in [4.69, 9.17) is 9.84 Å². The summed E-state index contributed by atoms with van der Waals surface area (Å²) in [7, 11) is 0. The van der Waals surface area contributed by atoms with Crippen molar-refractivity contribution in [3.05, 3.63) is 29.8 Å². The smallest absolute Gasteiger partial charge is 0.326 e. The molecule has 0 saturated heterocycles. The van der Waals surface area contributed by atoms with Crippen LogP contribution in [0.3, 0.4) is 0 Å². The molecule has 2 atom stereocenters. The van der Waals surface area contributed by atoms with Gasteiger partial charge in [0.2, 0.25) is 5.91 Å². The Bertz CT molecular complexity index is 470. The molecule has 1 aromatic rings. The van der Waals surface area contributed by atoms with E-state index in [1.165, 1.54) is 0 Å². The van der Waals surface area contributed by atoms with Crippen LogP contribution in [0.1, 0.15) is 32.8 Å². The molecule has 1 unspecified atom stereocenters. The van der Waals surface area contributed by atoms with Crippen LogP contribution in [0.25, 0.3) is 0 Å². The third kappa shape index (κ3) is 5.45. The van der Waals surface area contributed by atoms with Crippen LogP contribution >= 0.6 is 0 Å². The molecule has 0 aromatic heterocycles. The molecule has 0 bridgehead atoms. The van der Waals surface area contributed by atoms with Crippen molar-refractivity contribution in [2.75, 3.05) is 6.61 Å². The zero-order valence-electron chi connectivity index (χ0n) is 12.8. The maximum Gasteiger partial charge on any atom is 0.326 e. The van der Waals surface area contributed by atoms with E-state index in [9.17, 15) is 9.59 Å². The molecule has 5 heteroatoms. The third-order valence-corrected chi connectivity index (χ3v) is 3.39. The molecule has 0 spiro atoms. The minimum Gasteiger partial charge on any atom is -0.494 e. The number of carboxylic acids is 1. The molecular formula is C16H23NO4. The van der Waals surface area contributed by atoms with Gasteiger partial charge in [0.25, 0.3) is 0 Å². The first-order valence-electron chi connectivity index (χ1n) is 7.21. The number of hydrogen-bond acceptors (Lipinski definition) is 3. The zero-order chi connectivity index (χ0) is 15.8. The van der Waals surface area contributed by atoms with Crippen molar-refractivity contribution in [3.8, 4) is 5.75 Å². The SMILES string of the molecule is CCOc1ccc(CC(=O)N[C@H](C(=O)O)C(C)CC)cc1. The Labute approximate surface area is 125 Å². The van der Waals surface area contributed by atoms with Crippen molar-refractivity contribution in [3.63, 3.8) is 0 Å². The third-order valence-electron chi connectivity index (χ3n) is 3.39. The summed E-state index contributed by atoms with van der Waals surface area (Å²) in [5.74, 6) is -0.632. The normalized spacial score (nSPS) is 13.3. The highest BCUT2D eigenvalue weighted by atomic mass is 16.5. The Kier molecular flexibility index (Phi) is 6.72. The summed E-state index contributed by atoms with van der Waals surface area (Å²) >= 11 is 0. The lowest BCUT2D eigenvalue weighted by molar-refractivity contribution is -0.143. The van der Waals surface area contributed by atoms with Gasteiger partial charge in [0.15, 0.2) is 0 Å². The molecule has 1 aromatic carbocycles. The summed E-state index contributed by atoms with van der Waals surface area (Å²) in [6.45, 7) is 6.21. The lowest BCUT2D eigenvalue weighted by Gasteiger charge is -2.20. The topological polar surface area (TPSA) is 75.6 Å². The molecule has 116 valence electrons. The number of hydrogen-bond donors (Lipinski definition) is 2. The predicted molar refractivity (Wildman–Crippen MR) is 80.3 cm³/mol. The van der Waals surface area contributed by atoms with Crippen molar-refractivity contribution in [2.24, 2.45) is 5.92 Å². The molecule has 1 amide bonds. The second kappa shape index (κ2) is 8.29. The average molecular weight is 293 g/mol. The van der Waals surface area contributed by atoms with Crippen LogP contribution in [0.2, 0.25) is 0 Å².